The molecule has 1 aromatic carbocycles. The van der Waals surface area contributed by atoms with Crippen molar-refractivity contribution in [1.82, 2.24) is 25.0 Å². The number of hydrogen-bond acceptors (Lipinski definition) is 5. The SMILES string of the molecule is COCC(C)n1cc2c(N)nc3cc(-c4ccn[nH]4)ccc3c2n1. The lowest BCUT2D eigenvalue weighted by Crippen LogP contribution is -2.11. The van der Waals surface area contributed by atoms with Crippen LogP contribution in [0.5, 0.6) is 0 Å². The van der Waals surface area contributed by atoms with E-state index in [1.807, 2.05) is 35.1 Å². The third-order valence-corrected chi connectivity index (χ3v) is 4.17. The smallest absolute Gasteiger partial charge is 0.135 e. The molecule has 0 saturated heterocycles. The zero-order chi connectivity index (χ0) is 16.7. The molecule has 122 valence electrons. The van der Waals surface area contributed by atoms with Crippen molar-refractivity contribution in [2.45, 2.75) is 13.0 Å². The van der Waals surface area contributed by atoms with Gasteiger partial charge in [0, 0.05) is 30.5 Å². The molecule has 1 atom stereocenters. The summed E-state index contributed by atoms with van der Waals surface area (Å²) < 4.78 is 7.10. The van der Waals surface area contributed by atoms with Crippen LogP contribution in [0.4, 0.5) is 5.82 Å². The summed E-state index contributed by atoms with van der Waals surface area (Å²) in [5.74, 6) is 0.482. The van der Waals surface area contributed by atoms with Gasteiger partial charge in [0.05, 0.1) is 29.2 Å². The molecule has 24 heavy (non-hydrogen) atoms. The predicted octanol–water partition coefficient (Wildman–Crippen LogP) is 2.76. The van der Waals surface area contributed by atoms with E-state index in [9.17, 15) is 0 Å². The lowest BCUT2D eigenvalue weighted by molar-refractivity contribution is 0.157. The van der Waals surface area contributed by atoms with Crippen LogP contribution < -0.4 is 5.73 Å². The number of H-pyrrole nitrogens is 1. The van der Waals surface area contributed by atoms with Gasteiger partial charge in [0.15, 0.2) is 0 Å². The topological polar surface area (TPSA) is 94.6 Å². The Kier molecular flexibility index (Phi) is 3.42. The Morgan fingerprint density at radius 3 is 2.92 bits per heavy atom. The van der Waals surface area contributed by atoms with Crippen molar-refractivity contribution < 1.29 is 4.74 Å². The third kappa shape index (κ3) is 2.30. The maximum Gasteiger partial charge on any atom is 0.135 e. The number of aromatic nitrogens is 5. The van der Waals surface area contributed by atoms with Gasteiger partial charge in [0.25, 0.3) is 0 Å². The number of ether oxygens (including phenoxy) is 1. The van der Waals surface area contributed by atoms with Gasteiger partial charge in [0.2, 0.25) is 0 Å². The summed E-state index contributed by atoms with van der Waals surface area (Å²) in [6.07, 6.45) is 3.66. The van der Waals surface area contributed by atoms with Crippen LogP contribution in [0.1, 0.15) is 13.0 Å². The first-order chi connectivity index (χ1) is 11.7. The molecule has 3 N–H and O–H groups in total. The van der Waals surface area contributed by atoms with Crippen molar-refractivity contribution in [2.75, 3.05) is 19.5 Å². The molecule has 0 fully saturated rings. The average Bonchev–Trinajstić information content (AvgIpc) is 3.25. The number of benzene rings is 1. The standard InChI is InChI=1S/C17H18N6O/c1-10(9-24-2)23-8-13-16(22-23)12-4-3-11(14-5-6-19-21-14)7-15(12)20-17(13)18/h3-8,10H,9H2,1-2H3,(H2,18,20)(H,19,21). The Morgan fingerprint density at radius 1 is 1.29 bits per heavy atom. The van der Waals surface area contributed by atoms with Gasteiger partial charge in [-0.15, -0.1) is 0 Å². The van der Waals surface area contributed by atoms with E-state index in [1.54, 1.807) is 13.3 Å². The first-order valence-electron chi connectivity index (χ1n) is 7.74. The molecule has 0 saturated carbocycles. The number of nitrogens with zero attached hydrogens (tertiary/aromatic N) is 4. The van der Waals surface area contributed by atoms with Crippen molar-refractivity contribution in [3.8, 4) is 11.3 Å². The van der Waals surface area contributed by atoms with Gasteiger partial charge in [-0.1, -0.05) is 6.07 Å². The molecular formula is C17H18N6O. The maximum absolute atomic E-state index is 6.16. The Labute approximate surface area is 138 Å². The zero-order valence-electron chi connectivity index (χ0n) is 13.5. The highest BCUT2D eigenvalue weighted by Crippen LogP contribution is 2.30. The monoisotopic (exact) mass is 322 g/mol. The van der Waals surface area contributed by atoms with Crippen LogP contribution in [0.25, 0.3) is 33.1 Å². The van der Waals surface area contributed by atoms with E-state index in [0.717, 1.165) is 33.1 Å². The minimum atomic E-state index is 0.126. The molecule has 0 amide bonds. The number of pyridine rings is 1. The molecule has 1 unspecified atom stereocenters. The number of nitrogens with one attached hydrogen (secondary N) is 1. The first kappa shape index (κ1) is 14.6. The largest absolute Gasteiger partial charge is 0.383 e. The molecule has 0 aliphatic rings. The minimum Gasteiger partial charge on any atom is -0.383 e. The summed E-state index contributed by atoms with van der Waals surface area (Å²) in [7, 11) is 1.68. The molecule has 7 nitrogen and oxygen atoms in total. The highest BCUT2D eigenvalue weighted by Gasteiger charge is 2.14. The molecule has 0 aliphatic carbocycles. The maximum atomic E-state index is 6.16. The van der Waals surface area contributed by atoms with E-state index >= 15 is 0 Å². The van der Waals surface area contributed by atoms with Crippen LogP contribution in [0.15, 0.2) is 36.7 Å². The van der Waals surface area contributed by atoms with Crippen LogP contribution >= 0.6 is 0 Å². The van der Waals surface area contributed by atoms with Crippen molar-refractivity contribution in [3.05, 3.63) is 36.7 Å². The van der Waals surface area contributed by atoms with E-state index in [0.29, 0.717) is 12.4 Å². The number of aromatic amines is 1. The molecule has 0 bridgehead atoms. The fourth-order valence-electron chi connectivity index (χ4n) is 2.92. The Balaban J connectivity index is 1.90. The molecule has 0 spiro atoms. The molecule has 0 radical (unpaired) electrons. The molecule has 7 heteroatoms. The van der Waals surface area contributed by atoms with Crippen molar-refractivity contribution >= 4 is 27.6 Å². The Bertz CT molecular complexity index is 1000. The zero-order valence-corrected chi connectivity index (χ0v) is 13.5. The van der Waals surface area contributed by atoms with Crippen LogP contribution in [-0.2, 0) is 4.74 Å². The summed E-state index contributed by atoms with van der Waals surface area (Å²) >= 11 is 0. The van der Waals surface area contributed by atoms with Crippen LogP contribution in [0, 0.1) is 0 Å². The number of methoxy groups -OCH3 is 1. The summed E-state index contributed by atoms with van der Waals surface area (Å²) in [5.41, 5.74) is 9.79. The number of rotatable bonds is 4. The second-order valence-corrected chi connectivity index (χ2v) is 5.88. The van der Waals surface area contributed by atoms with E-state index < -0.39 is 0 Å². The van der Waals surface area contributed by atoms with E-state index in [2.05, 4.69) is 22.1 Å². The number of nitrogen functional groups attached to an aromatic ring is 1. The quantitative estimate of drug-likeness (QED) is 0.602. The Morgan fingerprint density at radius 2 is 2.17 bits per heavy atom. The van der Waals surface area contributed by atoms with Crippen molar-refractivity contribution in [3.63, 3.8) is 0 Å². The van der Waals surface area contributed by atoms with Crippen LogP contribution in [-0.4, -0.2) is 38.7 Å². The molecule has 3 aromatic heterocycles. The van der Waals surface area contributed by atoms with E-state index in [1.165, 1.54) is 0 Å². The molecule has 0 aliphatic heterocycles. The van der Waals surface area contributed by atoms with Gasteiger partial charge in [-0.3, -0.25) is 9.78 Å². The van der Waals surface area contributed by atoms with Gasteiger partial charge < -0.3 is 10.5 Å². The van der Waals surface area contributed by atoms with Crippen molar-refractivity contribution in [2.24, 2.45) is 0 Å². The van der Waals surface area contributed by atoms with Gasteiger partial charge in [0.1, 0.15) is 11.3 Å². The summed E-state index contributed by atoms with van der Waals surface area (Å²) in [5, 5.41) is 13.5. The highest BCUT2D eigenvalue weighted by molar-refractivity contribution is 6.08. The number of hydrogen-bond donors (Lipinski definition) is 2. The van der Waals surface area contributed by atoms with Crippen LogP contribution in [0.2, 0.25) is 0 Å². The summed E-state index contributed by atoms with van der Waals surface area (Å²) in [6.45, 7) is 2.64. The van der Waals surface area contributed by atoms with E-state index in [4.69, 9.17) is 15.6 Å². The minimum absolute atomic E-state index is 0.126. The Hall–Kier alpha value is -2.93. The van der Waals surface area contributed by atoms with Crippen LogP contribution in [0.3, 0.4) is 0 Å². The number of anilines is 1. The van der Waals surface area contributed by atoms with Gasteiger partial charge in [-0.05, 0) is 25.1 Å². The fourth-order valence-corrected chi connectivity index (χ4v) is 2.92. The highest BCUT2D eigenvalue weighted by atomic mass is 16.5. The normalized spacial score (nSPS) is 12.9. The summed E-state index contributed by atoms with van der Waals surface area (Å²) in [6, 6.07) is 8.10. The lowest BCUT2D eigenvalue weighted by Gasteiger charge is -2.09. The molecule has 4 rings (SSSR count). The van der Waals surface area contributed by atoms with Gasteiger partial charge in [-0.2, -0.15) is 10.2 Å². The molecule has 3 heterocycles. The van der Waals surface area contributed by atoms with Gasteiger partial charge >= 0.3 is 0 Å². The van der Waals surface area contributed by atoms with Crippen molar-refractivity contribution in [1.29, 1.82) is 0 Å². The lowest BCUT2D eigenvalue weighted by atomic mass is 10.1. The third-order valence-electron chi connectivity index (χ3n) is 4.17. The first-order valence-corrected chi connectivity index (χ1v) is 7.74. The average molecular weight is 322 g/mol. The van der Waals surface area contributed by atoms with Gasteiger partial charge in [-0.25, -0.2) is 4.98 Å². The molecule has 4 aromatic rings. The second kappa shape index (κ2) is 5.61. The fraction of sp³-hybridized carbons (Fsp3) is 0.235. The number of nitrogens with two attached hydrogens (primary N) is 1. The predicted molar refractivity (Wildman–Crippen MR) is 93.6 cm³/mol. The summed E-state index contributed by atoms with van der Waals surface area (Å²) in [4.78, 5) is 4.55. The number of fused-ring (bicyclic) bond motifs is 3. The molecular weight excluding hydrogens is 304 g/mol. The second-order valence-electron chi connectivity index (χ2n) is 5.88. The van der Waals surface area contributed by atoms with E-state index in [-0.39, 0.29) is 6.04 Å².